The summed E-state index contributed by atoms with van der Waals surface area (Å²) < 4.78 is 6.70. The minimum atomic E-state index is 0.112. The van der Waals surface area contributed by atoms with Gasteiger partial charge in [0.2, 0.25) is 0 Å². The van der Waals surface area contributed by atoms with Gasteiger partial charge in [-0.15, -0.1) is 0 Å². The van der Waals surface area contributed by atoms with Gasteiger partial charge in [0.15, 0.2) is 0 Å². The summed E-state index contributed by atoms with van der Waals surface area (Å²) in [6, 6.07) is 8.09. The molecule has 0 unspecified atom stereocenters. The van der Waals surface area contributed by atoms with Crippen LogP contribution in [0.5, 0.6) is 5.75 Å². The summed E-state index contributed by atoms with van der Waals surface area (Å²) in [6.45, 7) is 1.15. The molecule has 3 nitrogen and oxygen atoms in total. The van der Waals surface area contributed by atoms with Gasteiger partial charge in [0.05, 0.1) is 17.1 Å². The molecular weight excluding hydrogens is 280 g/mol. The first kappa shape index (κ1) is 12.4. The Kier molecular flexibility index (Phi) is 3.70. The van der Waals surface area contributed by atoms with E-state index in [1.807, 2.05) is 18.2 Å². The average molecular weight is 295 g/mol. The molecule has 1 fully saturated rings. The van der Waals surface area contributed by atoms with E-state index in [2.05, 4.69) is 22.0 Å². The van der Waals surface area contributed by atoms with Gasteiger partial charge >= 0.3 is 0 Å². The molecule has 90 valence electrons. The van der Waals surface area contributed by atoms with Crippen LogP contribution >= 0.6 is 15.9 Å². The van der Waals surface area contributed by atoms with Crippen LogP contribution < -0.4 is 10.5 Å². The van der Waals surface area contributed by atoms with Gasteiger partial charge in [-0.3, -0.25) is 0 Å². The number of nitrogens with zero attached hydrogens (tertiary/aromatic N) is 1. The third-order valence-electron chi connectivity index (χ3n) is 3.18. The van der Waals surface area contributed by atoms with Gasteiger partial charge in [-0.2, -0.15) is 5.26 Å². The highest BCUT2D eigenvalue weighted by Gasteiger charge is 2.43. The van der Waals surface area contributed by atoms with E-state index in [9.17, 15) is 0 Å². The molecule has 0 aliphatic heterocycles. The molecule has 1 aliphatic rings. The molecule has 2 N–H and O–H groups in total. The summed E-state index contributed by atoms with van der Waals surface area (Å²) in [5.41, 5.74) is 6.75. The first-order chi connectivity index (χ1) is 8.19. The lowest BCUT2D eigenvalue weighted by atomic mass is 10.1. The number of hydrogen-bond donors (Lipinski definition) is 1. The first-order valence-corrected chi connectivity index (χ1v) is 6.47. The highest BCUT2D eigenvalue weighted by atomic mass is 79.9. The van der Waals surface area contributed by atoms with Gasteiger partial charge in [0.25, 0.3) is 0 Å². The Bertz CT molecular complexity index is 449. The van der Waals surface area contributed by atoms with Gasteiger partial charge in [0.1, 0.15) is 5.75 Å². The van der Waals surface area contributed by atoms with Crippen molar-refractivity contribution in [2.45, 2.75) is 25.8 Å². The molecule has 1 aromatic rings. The van der Waals surface area contributed by atoms with Crippen molar-refractivity contribution in [3.05, 3.63) is 28.2 Å². The highest BCUT2D eigenvalue weighted by Crippen LogP contribution is 2.49. The summed E-state index contributed by atoms with van der Waals surface area (Å²) in [7, 11) is 0. The van der Waals surface area contributed by atoms with Crippen molar-refractivity contribution in [3.8, 4) is 11.8 Å². The fourth-order valence-corrected chi connectivity index (χ4v) is 2.28. The average Bonchev–Trinajstić information content (AvgIpc) is 3.08. The Morgan fingerprint density at radius 2 is 2.24 bits per heavy atom. The number of halogens is 1. The molecule has 0 bridgehead atoms. The Labute approximate surface area is 110 Å². The Morgan fingerprint density at radius 3 is 2.76 bits per heavy atom. The molecule has 0 aromatic heterocycles. The number of nitrogens with two attached hydrogens (primary N) is 1. The lowest BCUT2D eigenvalue weighted by molar-refractivity contribution is 0.235. The van der Waals surface area contributed by atoms with Crippen molar-refractivity contribution in [2.75, 3.05) is 6.61 Å². The molecule has 1 saturated carbocycles. The molecule has 2 rings (SSSR count). The van der Waals surface area contributed by atoms with E-state index in [4.69, 9.17) is 15.7 Å². The molecule has 0 heterocycles. The highest BCUT2D eigenvalue weighted by molar-refractivity contribution is 9.10. The van der Waals surface area contributed by atoms with Crippen LogP contribution in [0, 0.1) is 16.7 Å². The molecule has 17 heavy (non-hydrogen) atoms. The molecule has 4 heteroatoms. The van der Waals surface area contributed by atoms with Crippen LogP contribution in [0.4, 0.5) is 0 Å². The summed E-state index contributed by atoms with van der Waals surface area (Å²) in [5.74, 6) is 0.825. The van der Waals surface area contributed by atoms with Gasteiger partial charge < -0.3 is 10.5 Å². The standard InChI is InChI=1S/C13H15BrN2O/c14-11-7-10(8-16)1-2-12(11)17-9-13(3-4-13)5-6-15/h1-2,7H,3-5,8-9,16H2. The van der Waals surface area contributed by atoms with Crippen LogP contribution in [-0.2, 0) is 6.54 Å². The second kappa shape index (κ2) is 5.07. The maximum Gasteiger partial charge on any atom is 0.133 e. The van der Waals surface area contributed by atoms with Gasteiger partial charge in [-0.1, -0.05) is 6.07 Å². The Balaban J connectivity index is 1.98. The monoisotopic (exact) mass is 294 g/mol. The van der Waals surface area contributed by atoms with Crippen molar-refractivity contribution < 1.29 is 4.74 Å². The van der Waals surface area contributed by atoms with Gasteiger partial charge in [-0.05, 0) is 46.5 Å². The van der Waals surface area contributed by atoms with Crippen molar-refractivity contribution >= 4 is 15.9 Å². The lowest BCUT2D eigenvalue weighted by Gasteiger charge is -2.14. The van der Waals surface area contributed by atoms with Gasteiger partial charge in [-0.25, -0.2) is 0 Å². The van der Waals surface area contributed by atoms with E-state index in [1.54, 1.807) is 0 Å². The summed E-state index contributed by atoms with van der Waals surface area (Å²) >= 11 is 3.47. The topological polar surface area (TPSA) is 59.0 Å². The number of rotatable bonds is 5. The zero-order valence-corrected chi connectivity index (χ0v) is 11.2. The van der Waals surface area contributed by atoms with Crippen molar-refractivity contribution in [3.63, 3.8) is 0 Å². The van der Waals surface area contributed by atoms with E-state index in [0.29, 0.717) is 19.6 Å². The molecule has 0 spiro atoms. The van der Waals surface area contributed by atoms with Crippen LogP contribution in [0.3, 0.4) is 0 Å². The molecule has 0 atom stereocenters. The van der Waals surface area contributed by atoms with Crippen LogP contribution in [0.2, 0.25) is 0 Å². The largest absolute Gasteiger partial charge is 0.492 e. The van der Waals surface area contributed by atoms with E-state index < -0.39 is 0 Å². The molecule has 0 amide bonds. The van der Waals surface area contributed by atoms with Crippen LogP contribution in [-0.4, -0.2) is 6.61 Å². The summed E-state index contributed by atoms with van der Waals surface area (Å²) in [5, 5.41) is 8.73. The Morgan fingerprint density at radius 1 is 1.47 bits per heavy atom. The summed E-state index contributed by atoms with van der Waals surface area (Å²) in [4.78, 5) is 0. The molecule has 0 saturated heterocycles. The quantitative estimate of drug-likeness (QED) is 0.908. The molecule has 1 aromatic carbocycles. The zero-order valence-electron chi connectivity index (χ0n) is 9.58. The predicted molar refractivity (Wildman–Crippen MR) is 69.4 cm³/mol. The minimum Gasteiger partial charge on any atom is -0.492 e. The lowest BCUT2D eigenvalue weighted by Crippen LogP contribution is -2.12. The zero-order chi connectivity index (χ0) is 12.3. The Hall–Kier alpha value is -1.05. The number of benzene rings is 1. The fraction of sp³-hybridized carbons (Fsp3) is 0.462. The third-order valence-corrected chi connectivity index (χ3v) is 3.80. The van der Waals surface area contributed by atoms with Gasteiger partial charge in [0, 0.05) is 18.4 Å². The first-order valence-electron chi connectivity index (χ1n) is 5.67. The molecular formula is C13H15BrN2O. The van der Waals surface area contributed by atoms with E-state index in [0.717, 1.165) is 28.6 Å². The summed E-state index contributed by atoms with van der Waals surface area (Å²) in [6.07, 6.45) is 2.78. The fourth-order valence-electron chi connectivity index (χ4n) is 1.74. The van der Waals surface area contributed by atoms with Crippen molar-refractivity contribution in [1.29, 1.82) is 5.26 Å². The maximum absolute atomic E-state index is 8.73. The second-order valence-corrected chi connectivity index (χ2v) is 5.45. The van der Waals surface area contributed by atoms with E-state index in [-0.39, 0.29) is 5.41 Å². The third kappa shape index (κ3) is 2.99. The van der Waals surface area contributed by atoms with Crippen molar-refractivity contribution in [2.24, 2.45) is 11.1 Å². The minimum absolute atomic E-state index is 0.112. The molecule has 0 radical (unpaired) electrons. The smallest absolute Gasteiger partial charge is 0.133 e. The number of ether oxygens (including phenoxy) is 1. The predicted octanol–water partition coefficient (Wildman–Crippen LogP) is 2.98. The van der Waals surface area contributed by atoms with Crippen molar-refractivity contribution in [1.82, 2.24) is 0 Å². The second-order valence-electron chi connectivity index (χ2n) is 4.59. The SMILES string of the molecule is N#CCC1(COc2ccc(CN)cc2Br)CC1. The number of hydrogen-bond acceptors (Lipinski definition) is 3. The molecule has 1 aliphatic carbocycles. The van der Waals surface area contributed by atoms with Crippen LogP contribution in [0.25, 0.3) is 0 Å². The van der Waals surface area contributed by atoms with Crippen LogP contribution in [0.1, 0.15) is 24.8 Å². The normalized spacial score (nSPS) is 16.3. The maximum atomic E-state index is 8.73. The van der Waals surface area contributed by atoms with E-state index in [1.165, 1.54) is 0 Å². The van der Waals surface area contributed by atoms with E-state index >= 15 is 0 Å². The van der Waals surface area contributed by atoms with Crippen LogP contribution in [0.15, 0.2) is 22.7 Å². The number of nitriles is 1.